The molecule has 21 heavy (non-hydrogen) atoms. The van der Waals surface area contributed by atoms with Crippen LogP contribution in [0.4, 0.5) is 0 Å². The third kappa shape index (κ3) is 4.78. The van der Waals surface area contributed by atoms with Crippen molar-refractivity contribution in [3.63, 3.8) is 0 Å². The lowest BCUT2D eigenvalue weighted by Crippen LogP contribution is -2.30. The molecule has 1 saturated heterocycles. The van der Waals surface area contributed by atoms with Crippen LogP contribution in [0, 0.1) is 0 Å². The molecule has 118 valence electrons. The van der Waals surface area contributed by atoms with E-state index in [0.717, 1.165) is 31.4 Å². The molecule has 1 heterocycles. The second-order valence-corrected chi connectivity index (χ2v) is 7.05. The van der Waals surface area contributed by atoms with Crippen molar-refractivity contribution >= 4 is 10.0 Å². The molecular formula is C15H24N2O3S. The van der Waals surface area contributed by atoms with Crippen molar-refractivity contribution in [1.29, 1.82) is 0 Å². The molecule has 1 aromatic carbocycles. The molecule has 0 aliphatic carbocycles. The Morgan fingerprint density at radius 1 is 1.29 bits per heavy atom. The fourth-order valence-corrected chi connectivity index (χ4v) is 3.85. The van der Waals surface area contributed by atoms with E-state index in [1.165, 1.54) is 6.42 Å². The third-order valence-electron chi connectivity index (χ3n) is 3.66. The van der Waals surface area contributed by atoms with Crippen LogP contribution in [0.15, 0.2) is 29.2 Å². The minimum absolute atomic E-state index is 0.189. The molecule has 6 heteroatoms. The molecule has 0 aromatic heterocycles. The summed E-state index contributed by atoms with van der Waals surface area (Å²) in [4.78, 5) is 0.351. The predicted octanol–water partition coefficient (Wildman–Crippen LogP) is 1.64. The summed E-state index contributed by atoms with van der Waals surface area (Å²) in [6.07, 6.45) is 4.22. The van der Waals surface area contributed by atoms with Crippen molar-refractivity contribution < 1.29 is 13.2 Å². The first-order chi connectivity index (χ1) is 10.1. The maximum atomic E-state index is 12.4. The Bertz CT molecular complexity index is 540. The van der Waals surface area contributed by atoms with Gasteiger partial charge >= 0.3 is 0 Å². The second-order valence-electron chi connectivity index (χ2n) is 5.31. The zero-order valence-electron chi connectivity index (χ0n) is 12.5. The van der Waals surface area contributed by atoms with Gasteiger partial charge in [-0.2, -0.15) is 0 Å². The predicted molar refractivity (Wildman–Crippen MR) is 82.6 cm³/mol. The van der Waals surface area contributed by atoms with Gasteiger partial charge in [-0.15, -0.1) is 0 Å². The van der Waals surface area contributed by atoms with Crippen molar-refractivity contribution in [3.8, 4) is 0 Å². The van der Waals surface area contributed by atoms with E-state index in [1.54, 1.807) is 19.2 Å². The summed E-state index contributed by atoms with van der Waals surface area (Å²) in [6.45, 7) is 1.74. The summed E-state index contributed by atoms with van der Waals surface area (Å²) < 4.78 is 33.1. The van der Waals surface area contributed by atoms with Crippen LogP contribution in [-0.4, -0.2) is 34.7 Å². The van der Waals surface area contributed by atoms with Gasteiger partial charge in [-0.1, -0.05) is 18.2 Å². The molecule has 2 N–H and O–H groups in total. The molecule has 5 nitrogen and oxygen atoms in total. The average molecular weight is 312 g/mol. The number of hydrogen-bond acceptors (Lipinski definition) is 4. The third-order valence-corrected chi connectivity index (χ3v) is 5.22. The molecule has 1 atom stereocenters. The molecule has 1 aromatic rings. The van der Waals surface area contributed by atoms with E-state index < -0.39 is 10.0 Å². The Morgan fingerprint density at radius 3 is 2.81 bits per heavy atom. The zero-order chi connectivity index (χ0) is 15.1. The smallest absolute Gasteiger partial charge is 0.240 e. The molecule has 0 radical (unpaired) electrons. The number of sulfonamides is 1. The monoisotopic (exact) mass is 312 g/mol. The quantitative estimate of drug-likeness (QED) is 0.803. The number of hydrogen-bond donors (Lipinski definition) is 2. The van der Waals surface area contributed by atoms with Crippen LogP contribution in [0.3, 0.4) is 0 Å². The Kier molecular flexibility index (Phi) is 6.17. The van der Waals surface area contributed by atoms with E-state index in [0.29, 0.717) is 18.0 Å². The highest BCUT2D eigenvalue weighted by Gasteiger charge is 2.19. The topological polar surface area (TPSA) is 67.4 Å². The van der Waals surface area contributed by atoms with Gasteiger partial charge in [0.15, 0.2) is 0 Å². The van der Waals surface area contributed by atoms with Crippen LogP contribution in [0.5, 0.6) is 0 Å². The van der Waals surface area contributed by atoms with Crippen molar-refractivity contribution in [3.05, 3.63) is 29.8 Å². The standard InChI is InChI=1S/C15H24N2O3S/c1-16-12-13-6-2-3-8-15(13)21(18,19)17-10-9-14-7-4-5-11-20-14/h2-3,6,8,14,16-17H,4-5,7,9-12H2,1H3. The lowest BCUT2D eigenvalue weighted by atomic mass is 10.1. The Balaban J connectivity index is 1.94. The van der Waals surface area contributed by atoms with Crippen molar-refractivity contribution in [2.45, 2.75) is 43.2 Å². The number of benzene rings is 1. The highest BCUT2D eigenvalue weighted by atomic mass is 32.2. The molecule has 0 amide bonds. The Labute approximate surface area is 127 Å². The highest BCUT2D eigenvalue weighted by Crippen LogP contribution is 2.17. The largest absolute Gasteiger partial charge is 0.378 e. The number of nitrogens with one attached hydrogen (secondary N) is 2. The normalized spacial score (nSPS) is 19.6. The summed E-state index contributed by atoms with van der Waals surface area (Å²) in [5.41, 5.74) is 0.779. The van der Waals surface area contributed by atoms with Crippen LogP contribution in [-0.2, 0) is 21.3 Å². The van der Waals surface area contributed by atoms with E-state index in [1.807, 2.05) is 12.1 Å². The molecule has 0 bridgehead atoms. The average Bonchev–Trinajstić information content (AvgIpc) is 2.49. The van der Waals surface area contributed by atoms with Crippen molar-refractivity contribution in [2.75, 3.05) is 20.2 Å². The van der Waals surface area contributed by atoms with Crippen LogP contribution >= 0.6 is 0 Å². The van der Waals surface area contributed by atoms with Crippen LogP contribution in [0.2, 0.25) is 0 Å². The summed E-state index contributed by atoms with van der Waals surface area (Å²) in [5.74, 6) is 0. The fourth-order valence-electron chi connectivity index (χ4n) is 2.57. The van der Waals surface area contributed by atoms with Crippen LogP contribution in [0.25, 0.3) is 0 Å². The maximum absolute atomic E-state index is 12.4. The minimum Gasteiger partial charge on any atom is -0.378 e. The summed E-state index contributed by atoms with van der Waals surface area (Å²) in [6, 6.07) is 7.07. The molecule has 1 aliphatic heterocycles. The van der Waals surface area contributed by atoms with Gasteiger partial charge in [-0.25, -0.2) is 13.1 Å². The Morgan fingerprint density at radius 2 is 2.10 bits per heavy atom. The van der Waals surface area contributed by atoms with E-state index in [2.05, 4.69) is 10.0 Å². The number of rotatable bonds is 7. The first kappa shape index (κ1) is 16.4. The summed E-state index contributed by atoms with van der Waals surface area (Å²) >= 11 is 0. The van der Waals surface area contributed by atoms with Gasteiger partial charge < -0.3 is 10.1 Å². The first-order valence-corrected chi connectivity index (χ1v) is 8.95. The van der Waals surface area contributed by atoms with E-state index in [-0.39, 0.29) is 6.10 Å². The molecule has 1 unspecified atom stereocenters. The zero-order valence-corrected chi connectivity index (χ0v) is 13.3. The van der Waals surface area contributed by atoms with E-state index in [9.17, 15) is 8.42 Å². The molecule has 1 aliphatic rings. The van der Waals surface area contributed by atoms with Crippen molar-refractivity contribution in [2.24, 2.45) is 0 Å². The number of ether oxygens (including phenoxy) is 1. The maximum Gasteiger partial charge on any atom is 0.240 e. The van der Waals surface area contributed by atoms with Gasteiger partial charge in [-0.05, 0) is 44.4 Å². The van der Waals surface area contributed by atoms with E-state index in [4.69, 9.17) is 4.74 Å². The van der Waals surface area contributed by atoms with Gasteiger partial charge in [0.2, 0.25) is 10.0 Å². The Hall–Kier alpha value is -0.950. The van der Waals surface area contributed by atoms with Gasteiger partial charge in [0.05, 0.1) is 11.0 Å². The molecule has 0 spiro atoms. The van der Waals surface area contributed by atoms with Crippen LogP contribution < -0.4 is 10.0 Å². The summed E-state index contributed by atoms with van der Waals surface area (Å²) in [7, 11) is -1.66. The molecule has 0 saturated carbocycles. The van der Waals surface area contributed by atoms with E-state index >= 15 is 0 Å². The lowest BCUT2D eigenvalue weighted by molar-refractivity contribution is 0.0123. The molecule has 1 fully saturated rings. The van der Waals surface area contributed by atoms with Gasteiger partial charge in [0.25, 0.3) is 0 Å². The minimum atomic E-state index is -3.46. The fraction of sp³-hybridized carbons (Fsp3) is 0.600. The second kappa shape index (κ2) is 7.89. The summed E-state index contributed by atoms with van der Waals surface area (Å²) in [5, 5.41) is 2.99. The molecular weight excluding hydrogens is 288 g/mol. The highest BCUT2D eigenvalue weighted by molar-refractivity contribution is 7.89. The van der Waals surface area contributed by atoms with Crippen LogP contribution in [0.1, 0.15) is 31.2 Å². The first-order valence-electron chi connectivity index (χ1n) is 7.47. The lowest BCUT2D eigenvalue weighted by Gasteiger charge is -2.22. The van der Waals surface area contributed by atoms with Gasteiger partial charge in [0, 0.05) is 19.7 Å². The SMILES string of the molecule is CNCc1ccccc1S(=O)(=O)NCCC1CCCCO1. The van der Waals surface area contributed by atoms with Gasteiger partial charge in [0.1, 0.15) is 0 Å². The molecule has 2 rings (SSSR count). The van der Waals surface area contributed by atoms with Gasteiger partial charge in [-0.3, -0.25) is 0 Å². The van der Waals surface area contributed by atoms with Crippen molar-refractivity contribution in [1.82, 2.24) is 10.0 Å².